The van der Waals surface area contributed by atoms with Crippen molar-refractivity contribution in [2.75, 3.05) is 0 Å². The highest BCUT2D eigenvalue weighted by atomic mass is 16.1. The van der Waals surface area contributed by atoms with Crippen LogP contribution in [0.5, 0.6) is 0 Å². The van der Waals surface area contributed by atoms with E-state index < -0.39 is 0 Å². The summed E-state index contributed by atoms with van der Waals surface area (Å²) in [5.41, 5.74) is 1.24. The second-order valence-corrected chi connectivity index (χ2v) is 4.56. The van der Waals surface area contributed by atoms with Crippen LogP contribution in [0.2, 0.25) is 0 Å². The van der Waals surface area contributed by atoms with Crippen LogP contribution in [0.15, 0.2) is 30.3 Å². The maximum atomic E-state index is 12.0. The number of hydrogen-bond donors (Lipinski definition) is 0. The van der Waals surface area contributed by atoms with Gasteiger partial charge in [0.2, 0.25) is 0 Å². The Morgan fingerprint density at radius 1 is 1.07 bits per heavy atom. The molecule has 2 saturated carbocycles. The van der Waals surface area contributed by atoms with Crippen molar-refractivity contribution in [2.24, 2.45) is 11.8 Å². The summed E-state index contributed by atoms with van der Waals surface area (Å²) in [6.07, 6.45) is 3.56. The van der Waals surface area contributed by atoms with Gasteiger partial charge >= 0.3 is 0 Å². The van der Waals surface area contributed by atoms with Gasteiger partial charge in [-0.2, -0.15) is 0 Å². The summed E-state index contributed by atoms with van der Waals surface area (Å²) in [4.78, 5) is 12.0. The summed E-state index contributed by atoms with van der Waals surface area (Å²) < 4.78 is 0. The Balaban J connectivity index is 1.97. The lowest BCUT2D eigenvalue weighted by Crippen LogP contribution is -2.19. The highest BCUT2D eigenvalue weighted by Gasteiger charge is 2.46. The molecule has 0 N–H and O–H groups in total. The molecule has 0 amide bonds. The minimum atomic E-state index is 0.231. The first kappa shape index (κ1) is 8.22. The Morgan fingerprint density at radius 3 is 2.50 bits per heavy atom. The van der Waals surface area contributed by atoms with E-state index in [0.29, 0.717) is 17.6 Å². The first-order valence-electron chi connectivity index (χ1n) is 5.45. The van der Waals surface area contributed by atoms with Crippen LogP contribution in [0.25, 0.3) is 0 Å². The smallest absolute Gasteiger partial charge is 0.143 e. The predicted octanol–water partition coefficient (Wildman–Crippen LogP) is 2.77. The van der Waals surface area contributed by atoms with Crippen molar-refractivity contribution in [1.29, 1.82) is 0 Å². The van der Waals surface area contributed by atoms with Gasteiger partial charge in [0.05, 0.1) is 0 Å². The van der Waals surface area contributed by atoms with E-state index in [4.69, 9.17) is 0 Å². The number of benzene rings is 1. The van der Waals surface area contributed by atoms with E-state index in [1.165, 1.54) is 12.0 Å². The molecule has 0 radical (unpaired) electrons. The average molecular weight is 186 g/mol. The first-order valence-corrected chi connectivity index (χ1v) is 5.45. The summed E-state index contributed by atoms with van der Waals surface area (Å²) >= 11 is 0. The third-order valence-corrected chi connectivity index (χ3v) is 3.81. The van der Waals surface area contributed by atoms with Crippen LogP contribution in [-0.4, -0.2) is 5.78 Å². The fourth-order valence-electron chi connectivity index (χ4n) is 3.16. The van der Waals surface area contributed by atoms with Gasteiger partial charge in [-0.05, 0) is 30.7 Å². The number of hydrogen-bond acceptors (Lipinski definition) is 1. The van der Waals surface area contributed by atoms with Crippen molar-refractivity contribution < 1.29 is 4.79 Å². The van der Waals surface area contributed by atoms with Crippen LogP contribution < -0.4 is 0 Å². The maximum Gasteiger partial charge on any atom is 0.143 e. The first-order chi connectivity index (χ1) is 6.86. The molecule has 0 aliphatic heterocycles. The molecule has 0 saturated heterocycles. The fraction of sp³-hybridized carbons (Fsp3) is 0.462. The SMILES string of the molecule is O=C1[C@H]2CC[C@H](C2)[C@@H]1c1ccccc1. The number of rotatable bonds is 1. The van der Waals surface area contributed by atoms with E-state index in [1.807, 2.05) is 18.2 Å². The average Bonchev–Trinajstić information content (AvgIpc) is 2.79. The predicted molar refractivity (Wildman–Crippen MR) is 55.0 cm³/mol. The zero-order valence-corrected chi connectivity index (χ0v) is 8.15. The molecule has 14 heavy (non-hydrogen) atoms. The van der Waals surface area contributed by atoms with Crippen molar-refractivity contribution in [3.63, 3.8) is 0 Å². The third-order valence-electron chi connectivity index (χ3n) is 3.81. The second-order valence-electron chi connectivity index (χ2n) is 4.56. The standard InChI is InChI=1S/C13H14O/c14-13-11-7-6-10(8-11)12(13)9-4-2-1-3-5-9/h1-5,10-12H,6-8H2/t10-,11+,12+/m1/s1. The largest absolute Gasteiger partial charge is 0.299 e. The Hall–Kier alpha value is -1.11. The van der Waals surface area contributed by atoms with Gasteiger partial charge in [0.1, 0.15) is 5.78 Å². The molecule has 0 aromatic heterocycles. The molecule has 3 atom stereocenters. The summed E-state index contributed by atoms with van der Waals surface area (Å²) in [5, 5.41) is 0. The number of fused-ring (bicyclic) bond motifs is 2. The number of Topliss-reactive ketones (excluding diaryl/α,β-unsaturated/α-hetero) is 1. The zero-order chi connectivity index (χ0) is 9.54. The minimum absolute atomic E-state index is 0.231. The Kier molecular flexibility index (Phi) is 1.73. The van der Waals surface area contributed by atoms with Crippen LogP contribution in [0.1, 0.15) is 30.7 Å². The van der Waals surface area contributed by atoms with Crippen LogP contribution in [0.4, 0.5) is 0 Å². The molecule has 1 nitrogen and oxygen atoms in total. The van der Waals surface area contributed by atoms with Gasteiger partial charge in [-0.25, -0.2) is 0 Å². The number of carbonyl (C=O) groups is 1. The molecule has 0 spiro atoms. The lowest BCUT2D eigenvalue weighted by molar-refractivity contribution is -0.123. The quantitative estimate of drug-likeness (QED) is 0.659. The van der Waals surface area contributed by atoms with Gasteiger partial charge < -0.3 is 0 Å². The Morgan fingerprint density at radius 2 is 1.86 bits per heavy atom. The van der Waals surface area contributed by atoms with Crippen molar-refractivity contribution in [1.82, 2.24) is 0 Å². The van der Waals surface area contributed by atoms with Crippen LogP contribution in [0, 0.1) is 11.8 Å². The van der Waals surface area contributed by atoms with Crippen molar-refractivity contribution in [2.45, 2.75) is 25.2 Å². The van der Waals surface area contributed by atoms with E-state index in [1.54, 1.807) is 0 Å². The summed E-state index contributed by atoms with van der Waals surface area (Å²) in [5.74, 6) is 1.78. The monoisotopic (exact) mass is 186 g/mol. The van der Waals surface area contributed by atoms with Crippen molar-refractivity contribution in [3.8, 4) is 0 Å². The maximum absolute atomic E-state index is 12.0. The van der Waals surface area contributed by atoms with Gasteiger partial charge in [0, 0.05) is 11.8 Å². The van der Waals surface area contributed by atoms with E-state index in [2.05, 4.69) is 12.1 Å². The normalized spacial score (nSPS) is 35.1. The highest BCUT2D eigenvalue weighted by Crippen LogP contribution is 2.50. The van der Waals surface area contributed by atoms with E-state index in [0.717, 1.165) is 12.8 Å². The second kappa shape index (κ2) is 2.94. The lowest BCUT2D eigenvalue weighted by atomic mass is 9.82. The van der Waals surface area contributed by atoms with Gasteiger partial charge in [-0.15, -0.1) is 0 Å². The lowest BCUT2D eigenvalue weighted by Gasteiger charge is -2.20. The molecule has 2 aliphatic carbocycles. The molecule has 2 fully saturated rings. The van der Waals surface area contributed by atoms with Crippen LogP contribution in [0.3, 0.4) is 0 Å². The molecular weight excluding hydrogens is 172 g/mol. The minimum Gasteiger partial charge on any atom is -0.299 e. The molecule has 2 aliphatic rings. The van der Waals surface area contributed by atoms with Crippen molar-refractivity contribution >= 4 is 5.78 Å². The van der Waals surface area contributed by atoms with E-state index >= 15 is 0 Å². The summed E-state index contributed by atoms with van der Waals surface area (Å²) in [6.45, 7) is 0. The topological polar surface area (TPSA) is 17.1 Å². The van der Waals surface area contributed by atoms with Gasteiger partial charge in [0.15, 0.2) is 0 Å². The molecular formula is C13H14O. The van der Waals surface area contributed by atoms with Crippen LogP contribution >= 0.6 is 0 Å². The van der Waals surface area contributed by atoms with Gasteiger partial charge in [-0.1, -0.05) is 30.3 Å². The summed E-state index contributed by atoms with van der Waals surface area (Å²) in [6, 6.07) is 10.3. The molecule has 1 aromatic rings. The molecule has 72 valence electrons. The third kappa shape index (κ3) is 1.05. The molecule has 0 unspecified atom stereocenters. The molecule has 1 heteroatoms. The molecule has 1 aromatic carbocycles. The van der Waals surface area contributed by atoms with Gasteiger partial charge in [0.25, 0.3) is 0 Å². The van der Waals surface area contributed by atoms with E-state index in [9.17, 15) is 4.79 Å². The zero-order valence-electron chi connectivity index (χ0n) is 8.15. The molecule has 2 bridgehead atoms. The van der Waals surface area contributed by atoms with Crippen molar-refractivity contribution in [3.05, 3.63) is 35.9 Å². The fourth-order valence-corrected chi connectivity index (χ4v) is 3.16. The number of ketones is 1. The molecule has 3 rings (SSSR count). The molecule has 0 heterocycles. The van der Waals surface area contributed by atoms with Crippen LogP contribution in [-0.2, 0) is 4.79 Å². The Bertz CT molecular complexity index is 355. The number of carbonyl (C=O) groups excluding carboxylic acids is 1. The Labute approximate surface area is 84.1 Å². The van der Waals surface area contributed by atoms with Gasteiger partial charge in [-0.3, -0.25) is 4.79 Å². The highest BCUT2D eigenvalue weighted by molar-refractivity contribution is 5.91. The summed E-state index contributed by atoms with van der Waals surface area (Å²) in [7, 11) is 0. The van der Waals surface area contributed by atoms with E-state index in [-0.39, 0.29) is 5.92 Å².